The van der Waals surface area contributed by atoms with Gasteiger partial charge in [-0.2, -0.15) is 11.8 Å². The van der Waals surface area contributed by atoms with Crippen LogP contribution < -0.4 is 4.72 Å². The summed E-state index contributed by atoms with van der Waals surface area (Å²) in [6.45, 7) is 3.76. The summed E-state index contributed by atoms with van der Waals surface area (Å²) in [5.74, 6) is 0.435. The van der Waals surface area contributed by atoms with E-state index in [1.54, 1.807) is 18.7 Å². The van der Waals surface area contributed by atoms with Crippen molar-refractivity contribution in [2.24, 2.45) is 0 Å². The summed E-state index contributed by atoms with van der Waals surface area (Å²) in [5, 5.41) is 9.58. The van der Waals surface area contributed by atoms with Crippen molar-refractivity contribution in [3.63, 3.8) is 0 Å². The number of carbonyl (C=O) groups excluding carboxylic acids is 1. The van der Waals surface area contributed by atoms with E-state index in [0.717, 1.165) is 25.0 Å². The quantitative estimate of drug-likeness (QED) is 0.736. The van der Waals surface area contributed by atoms with E-state index in [0.29, 0.717) is 5.75 Å². The Labute approximate surface area is 128 Å². The van der Waals surface area contributed by atoms with Crippen molar-refractivity contribution in [1.82, 2.24) is 4.72 Å². The van der Waals surface area contributed by atoms with Crippen LogP contribution in [0, 0.1) is 0 Å². The van der Waals surface area contributed by atoms with Crippen LogP contribution in [-0.4, -0.2) is 44.2 Å². The number of sulfonamides is 1. The maximum Gasteiger partial charge on any atom is 0.341 e. The van der Waals surface area contributed by atoms with Crippen LogP contribution in [0.25, 0.3) is 0 Å². The number of ether oxygens (including phenoxy) is 1. The van der Waals surface area contributed by atoms with E-state index in [1.807, 2.05) is 6.92 Å². The molecule has 0 amide bonds. The standard InChI is InChI=1S/C13H19NO5S2/c1-4-20-8-9(2)14-21(17,18)10-5-6-12(15)11(7-10)13(16)19-3/h5-7,9,14-15H,4,8H2,1-3H3. The minimum Gasteiger partial charge on any atom is -0.507 e. The lowest BCUT2D eigenvalue weighted by atomic mass is 10.2. The summed E-state index contributed by atoms with van der Waals surface area (Å²) >= 11 is 1.63. The van der Waals surface area contributed by atoms with Crippen molar-refractivity contribution in [2.45, 2.75) is 24.8 Å². The van der Waals surface area contributed by atoms with Gasteiger partial charge >= 0.3 is 5.97 Å². The molecule has 1 rings (SSSR count). The molecule has 0 radical (unpaired) electrons. The Kier molecular flexibility index (Phi) is 6.50. The number of benzene rings is 1. The summed E-state index contributed by atoms with van der Waals surface area (Å²) in [5.41, 5.74) is -0.184. The zero-order chi connectivity index (χ0) is 16.0. The SMILES string of the molecule is CCSCC(C)NS(=O)(=O)c1ccc(O)c(C(=O)OC)c1. The highest BCUT2D eigenvalue weighted by Crippen LogP contribution is 2.22. The summed E-state index contributed by atoms with van der Waals surface area (Å²) in [6, 6.07) is 3.26. The second kappa shape index (κ2) is 7.67. The Hall–Kier alpha value is -1.25. The third kappa shape index (κ3) is 4.90. The Morgan fingerprint density at radius 2 is 2.14 bits per heavy atom. The fourth-order valence-corrected chi connectivity index (χ4v) is 3.66. The number of hydrogen-bond acceptors (Lipinski definition) is 6. The Morgan fingerprint density at radius 1 is 1.48 bits per heavy atom. The number of aromatic hydroxyl groups is 1. The molecule has 6 nitrogen and oxygen atoms in total. The molecule has 0 bridgehead atoms. The average molecular weight is 333 g/mol. The molecule has 21 heavy (non-hydrogen) atoms. The van der Waals surface area contributed by atoms with Gasteiger partial charge < -0.3 is 9.84 Å². The second-order valence-corrected chi connectivity index (χ2v) is 7.39. The maximum absolute atomic E-state index is 12.2. The highest BCUT2D eigenvalue weighted by atomic mass is 32.2. The number of carbonyl (C=O) groups is 1. The topological polar surface area (TPSA) is 92.7 Å². The second-order valence-electron chi connectivity index (χ2n) is 4.35. The zero-order valence-corrected chi connectivity index (χ0v) is 13.8. The van der Waals surface area contributed by atoms with Gasteiger partial charge in [0.15, 0.2) is 0 Å². The molecular formula is C13H19NO5S2. The van der Waals surface area contributed by atoms with E-state index in [2.05, 4.69) is 9.46 Å². The van der Waals surface area contributed by atoms with E-state index in [-0.39, 0.29) is 22.3 Å². The van der Waals surface area contributed by atoms with Crippen molar-refractivity contribution in [1.29, 1.82) is 0 Å². The summed E-state index contributed by atoms with van der Waals surface area (Å²) in [7, 11) is -2.60. The van der Waals surface area contributed by atoms with Gasteiger partial charge in [-0.3, -0.25) is 0 Å². The molecule has 1 aromatic rings. The number of methoxy groups -OCH3 is 1. The highest BCUT2D eigenvalue weighted by molar-refractivity contribution is 7.99. The van der Waals surface area contributed by atoms with E-state index in [4.69, 9.17) is 0 Å². The molecule has 8 heteroatoms. The summed E-state index contributed by atoms with van der Waals surface area (Å²) < 4.78 is 31.5. The molecule has 1 aromatic carbocycles. The van der Waals surface area contributed by atoms with Crippen LogP contribution in [0.15, 0.2) is 23.1 Å². The van der Waals surface area contributed by atoms with Crippen LogP contribution in [0.2, 0.25) is 0 Å². The summed E-state index contributed by atoms with van der Waals surface area (Å²) in [6.07, 6.45) is 0. The lowest BCUT2D eigenvalue weighted by Crippen LogP contribution is -2.34. The first kappa shape index (κ1) is 17.8. The molecule has 0 aliphatic heterocycles. The smallest absolute Gasteiger partial charge is 0.341 e. The van der Waals surface area contributed by atoms with Crippen molar-refractivity contribution in [3.05, 3.63) is 23.8 Å². The van der Waals surface area contributed by atoms with Crippen LogP contribution in [0.4, 0.5) is 0 Å². The fraction of sp³-hybridized carbons (Fsp3) is 0.462. The minimum atomic E-state index is -3.75. The number of esters is 1. The average Bonchev–Trinajstić information content (AvgIpc) is 2.44. The van der Waals surface area contributed by atoms with Crippen LogP contribution >= 0.6 is 11.8 Å². The first-order valence-electron chi connectivity index (χ1n) is 6.33. The monoisotopic (exact) mass is 333 g/mol. The van der Waals surface area contributed by atoms with Crippen molar-refractivity contribution >= 4 is 27.8 Å². The van der Waals surface area contributed by atoms with Gasteiger partial charge in [-0.15, -0.1) is 0 Å². The number of phenols is 1. The Morgan fingerprint density at radius 3 is 2.71 bits per heavy atom. The molecule has 0 spiro atoms. The molecule has 0 aliphatic rings. The molecule has 0 saturated carbocycles. The van der Waals surface area contributed by atoms with Gasteiger partial charge in [-0.05, 0) is 30.9 Å². The number of hydrogen-bond donors (Lipinski definition) is 2. The molecule has 0 fully saturated rings. The number of phenolic OH excluding ortho intramolecular Hbond substituents is 1. The Balaban J connectivity index is 3.01. The van der Waals surface area contributed by atoms with E-state index >= 15 is 0 Å². The van der Waals surface area contributed by atoms with Crippen LogP contribution in [-0.2, 0) is 14.8 Å². The van der Waals surface area contributed by atoms with Gasteiger partial charge in [-0.1, -0.05) is 6.92 Å². The molecule has 0 aliphatic carbocycles. The predicted octanol–water partition coefficient (Wildman–Crippen LogP) is 1.60. The lowest BCUT2D eigenvalue weighted by Gasteiger charge is -2.14. The molecule has 0 heterocycles. The van der Waals surface area contributed by atoms with Gasteiger partial charge in [0.05, 0.1) is 12.0 Å². The molecule has 118 valence electrons. The van der Waals surface area contributed by atoms with Crippen molar-refractivity contribution in [3.8, 4) is 5.75 Å². The van der Waals surface area contributed by atoms with Gasteiger partial charge in [0, 0.05) is 11.8 Å². The van der Waals surface area contributed by atoms with Crippen LogP contribution in [0.5, 0.6) is 5.75 Å². The van der Waals surface area contributed by atoms with Crippen molar-refractivity contribution < 1.29 is 23.1 Å². The third-order valence-corrected chi connectivity index (χ3v) is 5.34. The number of thioether (sulfide) groups is 1. The molecule has 0 aromatic heterocycles. The first-order chi connectivity index (χ1) is 9.81. The molecule has 0 saturated heterocycles. The maximum atomic E-state index is 12.2. The van der Waals surface area contributed by atoms with Gasteiger partial charge in [0.2, 0.25) is 10.0 Å². The molecular weight excluding hydrogens is 314 g/mol. The van der Waals surface area contributed by atoms with E-state index in [9.17, 15) is 18.3 Å². The lowest BCUT2D eigenvalue weighted by molar-refractivity contribution is 0.0597. The normalized spacial score (nSPS) is 12.9. The van der Waals surface area contributed by atoms with Gasteiger partial charge in [0.25, 0.3) is 0 Å². The van der Waals surface area contributed by atoms with E-state index in [1.165, 1.54) is 6.07 Å². The Bertz CT molecular complexity index is 601. The molecule has 1 atom stereocenters. The third-order valence-electron chi connectivity index (χ3n) is 2.61. The van der Waals surface area contributed by atoms with Crippen molar-refractivity contribution in [2.75, 3.05) is 18.6 Å². The fourth-order valence-electron chi connectivity index (χ4n) is 1.62. The first-order valence-corrected chi connectivity index (χ1v) is 8.97. The minimum absolute atomic E-state index is 0.0888. The van der Waals surface area contributed by atoms with Crippen LogP contribution in [0.3, 0.4) is 0 Å². The molecule has 2 N–H and O–H groups in total. The largest absolute Gasteiger partial charge is 0.507 e. The number of nitrogens with one attached hydrogen (secondary N) is 1. The zero-order valence-electron chi connectivity index (χ0n) is 12.1. The van der Waals surface area contributed by atoms with E-state index < -0.39 is 16.0 Å². The van der Waals surface area contributed by atoms with Gasteiger partial charge in [0.1, 0.15) is 11.3 Å². The number of rotatable bonds is 7. The highest BCUT2D eigenvalue weighted by Gasteiger charge is 2.21. The van der Waals surface area contributed by atoms with Crippen LogP contribution in [0.1, 0.15) is 24.2 Å². The molecule has 1 unspecified atom stereocenters. The van der Waals surface area contributed by atoms with Gasteiger partial charge in [-0.25, -0.2) is 17.9 Å². The summed E-state index contributed by atoms with van der Waals surface area (Å²) in [4.78, 5) is 11.4. The predicted molar refractivity (Wildman–Crippen MR) is 82.2 cm³/mol.